The Balaban J connectivity index is 2.48. The number of aromatic nitrogens is 3. The van der Waals surface area contributed by atoms with E-state index < -0.39 is 0 Å². The minimum absolute atomic E-state index is 0.229. The predicted molar refractivity (Wildman–Crippen MR) is 65.4 cm³/mol. The second kappa shape index (κ2) is 4.55. The van der Waals surface area contributed by atoms with E-state index in [1.807, 2.05) is 30.7 Å². The molecule has 1 heterocycles. The molecule has 0 unspecified atom stereocenters. The van der Waals surface area contributed by atoms with Crippen LogP contribution in [0.4, 0.5) is 0 Å². The third-order valence-electron chi connectivity index (χ3n) is 2.61. The van der Waals surface area contributed by atoms with Crippen LogP contribution in [0.15, 0.2) is 24.3 Å². The summed E-state index contributed by atoms with van der Waals surface area (Å²) in [5, 5.41) is 17.5. The molecule has 0 aliphatic carbocycles. The van der Waals surface area contributed by atoms with Gasteiger partial charge in [0.15, 0.2) is 0 Å². The number of phenols is 1. The summed E-state index contributed by atoms with van der Waals surface area (Å²) in [7, 11) is 0. The summed E-state index contributed by atoms with van der Waals surface area (Å²) in [5.74, 6) is 0.235. The van der Waals surface area contributed by atoms with Gasteiger partial charge in [0.25, 0.3) is 0 Å². The third-order valence-corrected chi connectivity index (χ3v) is 2.61. The second-order valence-corrected chi connectivity index (χ2v) is 4.17. The molecule has 17 heavy (non-hydrogen) atoms. The van der Waals surface area contributed by atoms with E-state index in [4.69, 9.17) is 5.73 Å². The average Bonchev–Trinajstić information content (AvgIpc) is 2.73. The van der Waals surface area contributed by atoms with E-state index in [9.17, 15) is 5.11 Å². The van der Waals surface area contributed by atoms with E-state index in [0.717, 1.165) is 17.0 Å². The SMILES string of the molecule is CC(C)n1nnc(-c2ccc(O)cc2)c1CN. The van der Waals surface area contributed by atoms with Crippen molar-refractivity contribution < 1.29 is 5.11 Å². The smallest absolute Gasteiger partial charge is 0.117 e. The van der Waals surface area contributed by atoms with E-state index in [-0.39, 0.29) is 11.8 Å². The van der Waals surface area contributed by atoms with Crippen LogP contribution >= 0.6 is 0 Å². The molecule has 0 bridgehead atoms. The van der Waals surface area contributed by atoms with Crippen LogP contribution in [-0.2, 0) is 6.54 Å². The molecular formula is C12H16N4O. The highest BCUT2D eigenvalue weighted by molar-refractivity contribution is 5.62. The molecule has 90 valence electrons. The van der Waals surface area contributed by atoms with Crippen molar-refractivity contribution >= 4 is 0 Å². The van der Waals surface area contributed by atoms with Crippen molar-refractivity contribution in [2.45, 2.75) is 26.4 Å². The Morgan fingerprint density at radius 3 is 2.47 bits per heavy atom. The first-order valence-electron chi connectivity index (χ1n) is 5.57. The van der Waals surface area contributed by atoms with Gasteiger partial charge >= 0.3 is 0 Å². The average molecular weight is 232 g/mol. The van der Waals surface area contributed by atoms with E-state index in [0.29, 0.717) is 6.54 Å². The Morgan fingerprint density at radius 1 is 1.29 bits per heavy atom. The highest BCUT2D eigenvalue weighted by Crippen LogP contribution is 2.24. The largest absolute Gasteiger partial charge is 0.508 e. The number of hydrogen-bond acceptors (Lipinski definition) is 4. The zero-order chi connectivity index (χ0) is 12.4. The Bertz CT molecular complexity index is 502. The van der Waals surface area contributed by atoms with Gasteiger partial charge < -0.3 is 10.8 Å². The maximum atomic E-state index is 9.26. The van der Waals surface area contributed by atoms with Gasteiger partial charge in [-0.1, -0.05) is 5.21 Å². The minimum Gasteiger partial charge on any atom is -0.508 e. The molecule has 5 heteroatoms. The van der Waals surface area contributed by atoms with Gasteiger partial charge in [0, 0.05) is 18.2 Å². The molecule has 5 nitrogen and oxygen atoms in total. The van der Waals surface area contributed by atoms with E-state index in [1.165, 1.54) is 0 Å². The molecule has 0 aliphatic heterocycles. The molecule has 3 N–H and O–H groups in total. The quantitative estimate of drug-likeness (QED) is 0.844. The van der Waals surface area contributed by atoms with Crippen LogP contribution in [0.5, 0.6) is 5.75 Å². The lowest BCUT2D eigenvalue weighted by Crippen LogP contribution is -2.11. The summed E-state index contributed by atoms with van der Waals surface area (Å²) in [6.45, 7) is 4.46. The number of phenolic OH excluding ortho intramolecular Hbond substituents is 1. The number of nitrogens with two attached hydrogens (primary N) is 1. The van der Waals surface area contributed by atoms with Crippen LogP contribution in [0.1, 0.15) is 25.6 Å². The fourth-order valence-corrected chi connectivity index (χ4v) is 1.76. The monoisotopic (exact) mass is 232 g/mol. The van der Waals surface area contributed by atoms with Gasteiger partial charge in [-0.3, -0.25) is 0 Å². The number of hydrogen-bond donors (Lipinski definition) is 2. The molecule has 0 amide bonds. The lowest BCUT2D eigenvalue weighted by atomic mass is 10.1. The van der Waals surface area contributed by atoms with Crippen LogP contribution < -0.4 is 5.73 Å². The molecule has 2 aromatic rings. The predicted octanol–water partition coefficient (Wildman–Crippen LogP) is 1.69. The van der Waals surface area contributed by atoms with E-state index >= 15 is 0 Å². The number of rotatable bonds is 3. The van der Waals surface area contributed by atoms with Gasteiger partial charge in [0.2, 0.25) is 0 Å². The number of benzene rings is 1. The van der Waals surface area contributed by atoms with Crippen molar-refractivity contribution in [2.24, 2.45) is 5.73 Å². The third kappa shape index (κ3) is 2.14. The first-order valence-corrected chi connectivity index (χ1v) is 5.57. The van der Waals surface area contributed by atoms with Crippen LogP contribution in [0, 0.1) is 0 Å². The zero-order valence-corrected chi connectivity index (χ0v) is 9.96. The molecule has 0 saturated carbocycles. The van der Waals surface area contributed by atoms with Crippen LogP contribution in [-0.4, -0.2) is 20.1 Å². The maximum Gasteiger partial charge on any atom is 0.117 e. The van der Waals surface area contributed by atoms with Gasteiger partial charge in [0.05, 0.1) is 5.69 Å². The molecule has 0 spiro atoms. The van der Waals surface area contributed by atoms with Gasteiger partial charge in [-0.2, -0.15) is 0 Å². The molecule has 2 rings (SSSR count). The van der Waals surface area contributed by atoms with Crippen LogP contribution in [0.2, 0.25) is 0 Å². The molecule has 0 aliphatic rings. The number of nitrogens with zero attached hydrogens (tertiary/aromatic N) is 3. The number of aromatic hydroxyl groups is 1. The first-order chi connectivity index (χ1) is 8.13. The normalized spacial score (nSPS) is 11.1. The lowest BCUT2D eigenvalue weighted by Gasteiger charge is -2.09. The molecule has 0 radical (unpaired) electrons. The van der Waals surface area contributed by atoms with Gasteiger partial charge in [0.1, 0.15) is 11.4 Å². The molecule has 1 aromatic carbocycles. The summed E-state index contributed by atoms with van der Waals surface area (Å²) < 4.78 is 1.82. The minimum atomic E-state index is 0.229. The summed E-state index contributed by atoms with van der Waals surface area (Å²) in [4.78, 5) is 0. The Morgan fingerprint density at radius 2 is 1.94 bits per heavy atom. The second-order valence-electron chi connectivity index (χ2n) is 4.17. The highest BCUT2D eigenvalue weighted by Gasteiger charge is 2.14. The zero-order valence-electron chi connectivity index (χ0n) is 9.96. The van der Waals surface area contributed by atoms with Gasteiger partial charge in [-0.15, -0.1) is 5.10 Å². The lowest BCUT2D eigenvalue weighted by molar-refractivity contribution is 0.475. The summed E-state index contributed by atoms with van der Waals surface area (Å²) >= 11 is 0. The van der Waals surface area contributed by atoms with Crippen molar-refractivity contribution in [2.75, 3.05) is 0 Å². The van der Waals surface area contributed by atoms with Crippen molar-refractivity contribution in [1.82, 2.24) is 15.0 Å². The van der Waals surface area contributed by atoms with Crippen molar-refractivity contribution in [3.63, 3.8) is 0 Å². The van der Waals surface area contributed by atoms with Gasteiger partial charge in [-0.05, 0) is 38.1 Å². The van der Waals surface area contributed by atoms with Crippen molar-refractivity contribution in [3.05, 3.63) is 30.0 Å². The summed E-state index contributed by atoms with van der Waals surface area (Å²) in [5.41, 5.74) is 8.35. The fraction of sp³-hybridized carbons (Fsp3) is 0.333. The van der Waals surface area contributed by atoms with Crippen molar-refractivity contribution in [1.29, 1.82) is 0 Å². The Labute approximate surface area is 99.9 Å². The topological polar surface area (TPSA) is 77.0 Å². The molecule has 1 aromatic heterocycles. The van der Waals surface area contributed by atoms with Crippen LogP contribution in [0.3, 0.4) is 0 Å². The summed E-state index contributed by atoms with van der Waals surface area (Å²) in [6, 6.07) is 7.10. The van der Waals surface area contributed by atoms with Crippen LogP contribution in [0.25, 0.3) is 11.3 Å². The maximum absolute atomic E-state index is 9.26. The van der Waals surface area contributed by atoms with Crippen molar-refractivity contribution in [3.8, 4) is 17.0 Å². The van der Waals surface area contributed by atoms with Gasteiger partial charge in [-0.25, -0.2) is 4.68 Å². The molecule has 0 fully saturated rings. The molecule has 0 atom stereocenters. The fourth-order valence-electron chi connectivity index (χ4n) is 1.76. The molecular weight excluding hydrogens is 216 g/mol. The Hall–Kier alpha value is -1.88. The summed E-state index contributed by atoms with van der Waals surface area (Å²) in [6.07, 6.45) is 0. The first kappa shape index (κ1) is 11.6. The van der Waals surface area contributed by atoms with E-state index in [2.05, 4.69) is 10.3 Å². The Kier molecular flexibility index (Phi) is 3.10. The molecule has 0 saturated heterocycles. The van der Waals surface area contributed by atoms with E-state index in [1.54, 1.807) is 12.1 Å². The standard InChI is InChI=1S/C12H16N4O/c1-8(2)16-11(7-13)12(14-15-16)9-3-5-10(17)6-4-9/h3-6,8,17H,7,13H2,1-2H3. The highest BCUT2D eigenvalue weighted by atomic mass is 16.3.